The number of nitrogens with zero attached hydrogens (tertiary/aromatic N) is 3. The van der Waals surface area contributed by atoms with Crippen molar-refractivity contribution in [3.8, 4) is 0 Å². The van der Waals surface area contributed by atoms with Gasteiger partial charge >= 0.3 is 5.69 Å². The third kappa shape index (κ3) is 2.01. The van der Waals surface area contributed by atoms with E-state index in [0.717, 1.165) is 12.8 Å². The Labute approximate surface area is 109 Å². The van der Waals surface area contributed by atoms with E-state index in [1.807, 2.05) is 6.20 Å². The zero-order valence-electron chi connectivity index (χ0n) is 9.71. The van der Waals surface area contributed by atoms with Gasteiger partial charge < -0.3 is 5.73 Å². The fourth-order valence-corrected chi connectivity index (χ4v) is 2.12. The SMILES string of the molecule is Nc1ccc(Cl)c(Cn2ccn(C3CC3)c2=O)n1. The third-order valence-electron chi connectivity index (χ3n) is 3.07. The summed E-state index contributed by atoms with van der Waals surface area (Å²) in [5.41, 5.74) is 6.22. The van der Waals surface area contributed by atoms with E-state index in [2.05, 4.69) is 4.98 Å². The molecule has 0 unspecified atom stereocenters. The van der Waals surface area contributed by atoms with Gasteiger partial charge in [-0.05, 0) is 25.0 Å². The lowest BCUT2D eigenvalue weighted by Gasteiger charge is -2.04. The second-order valence-corrected chi connectivity index (χ2v) is 4.92. The van der Waals surface area contributed by atoms with Crippen LogP contribution >= 0.6 is 11.6 Å². The average molecular weight is 265 g/mol. The van der Waals surface area contributed by atoms with Crippen molar-refractivity contribution in [2.24, 2.45) is 0 Å². The Kier molecular flexibility index (Phi) is 2.63. The minimum absolute atomic E-state index is 0.0159. The molecule has 0 saturated heterocycles. The highest BCUT2D eigenvalue weighted by Crippen LogP contribution is 2.33. The summed E-state index contributed by atoms with van der Waals surface area (Å²) in [6.45, 7) is 0.350. The molecule has 0 amide bonds. The van der Waals surface area contributed by atoms with Gasteiger partial charge in [0.2, 0.25) is 0 Å². The van der Waals surface area contributed by atoms with Crippen LogP contribution in [0.25, 0.3) is 0 Å². The van der Waals surface area contributed by atoms with Gasteiger partial charge in [-0.25, -0.2) is 9.78 Å². The molecule has 2 N–H and O–H groups in total. The Morgan fingerprint density at radius 3 is 2.89 bits per heavy atom. The van der Waals surface area contributed by atoms with Gasteiger partial charge in [-0.15, -0.1) is 0 Å². The van der Waals surface area contributed by atoms with Gasteiger partial charge in [0, 0.05) is 18.4 Å². The normalized spacial score (nSPS) is 14.9. The van der Waals surface area contributed by atoms with Crippen molar-refractivity contribution >= 4 is 17.4 Å². The Morgan fingerprint density at radius 1 is 1.39 bits per heavy atom. The molecule has 1 saturated carbocycles. The van der Waals surface area contributed by atoms with Crippen LogP contribution in [-0.2, 0) is 6.54 Å². The Bertz CT molecular complexity index is 642. The summed E-state index contributed by atoms with van der Waals surface area (Å²) in [4.78, 5) is 16.2. The Morgan fingerprint density at radius 2 is 2.17 bits per heavy atom. The van der Waals surface area contributed by atoms with Gasteiger partial charge in [-0.2, -0.15) is 0 Å². The first kappa shape index (κ1) is 11.3. The zero-order valence-corrected chi connectivity index (χ0v) is 10.5. The van der Waals surface area contributed by atoms with Crippen LogP contribution in [0.4, 0.5) is 5.82 Å². The van der Waals surface area contributed by atoms with Gasteiger partial charge in [0.1, 0.15) is 5.82 Å². The number of halogens is 1. The van der Waals surface area contributed by atoms with Crippen LogP contribution in [0.2, 0.25) is 5.02 Å². The second-order valence-electron chi connectivity index (χ2n) is 4.51. The molecule has 1 fully saturated rings. The minimum atomic E-state index is -0.0159. The van der Waals surface area contributed by atoms with Gasteiger partial charge in [0.05, 0.1) is 17.3 Å². The Hall–Kier alpha value is -1.75. The predicted octanol–water partition coefficient (Wildman–Crippen LogP) is 1.66. The summed E-state index contributed by atoms with van der Waals surface area (Å²) >= 11 is 6.04. The highest BCUT2D eigenvalue weighted by atomic mass is 35.5. The average Bonchev–Trinajstić information content (AvgIpc) is 3.11. The molecule has 0 aromatic carbocycles. The number of hydrogen-bond acceptors (Lipinski definition) is 3. The summed E-state index contributed by atoms with van der Waals surface area (Å²) in [5.74, 6) is 0.407. The molecule has 0 radical (unpaired) electrons. The van der Waals surface area contributed by atoms with Gasteiger partial charge in [0.25, 0.3) is 0 Å². The Balaban J connectivity index is 1.92. The van der Waals surface area contributed by atoms with Crippen molar-refractivity contribution in [2.75, 3.05) is 5.73 Å². The molecule has 1 aliphatic carbocycles. The molecule has 0 atom stereocenters. The van der Waals surface area contributed by atoms with Crippen molar-refractivity contribution in [3.63, 3.8) is 0 Å². The molecule has 0 spiro atoms. The molecule has 5 nitrogen and oxygen atoms in total. The maximum atomic E-state index is 12.1. The molecule has 1 aliphatic rings. The van der Waals surface area contributed by atoms with E-state index in [-0.39, 0.29) is 5.69 Å². The first-order chi connectivity index (χ1) is 8.65. The quantitative estimate of drug-likeness (QED) is 0.917. The largest absolute Gasteiger partial charge is 0.384 e. The summed E-state index contributed by atoms with van der Waals surface area (Å²) in [6, 6.07) is 3.72. The number of hydrogen-bond donors (Lipinski definition) is 1. The number of imidazole rings is 1. The van der Waals surface area contributed by atoms with Crippen molar-refractivity contribution in [2.45, 2.75) is 25.4 Å². The molecule has 6 heteroatoms. The van der Waals surface area contributed by atoms with Crippen LogP contribution in [0.3, 0.4) is 0 Å². The standard InChI is InChI=1S/C12H13ClN4O/c13-9-3-4-11(14)15-10(9)7-16-5-6-17(12(16)18)8-1-2-8/h3-6,8H,1-2,7H2,(H2,14,15). The number of rotatable bonds is 3. The fourth-order valence-electron chi connectivity index (χ4n) is 1.95. The van der Waals surface area contributed by atoms with E-state index >= 15 is 0 Å². The number of aromatic nitrogens is 3. The molecule has 2 aromatic rings. The van der Waals surface area contributed by atoms with Crippen molar-refractivity contribution in [1.29, 1.82) is 0 Å². The minimum Gasteiger partial charge on any atom is -0.384 e. The van der Waals surface area contributed by atoms with E-state index in [1.54, 1.807) is 27.5 Å². The lowest BCUT2D eigenvalue weighted by molar-refractivity contribution is 0.651. The highest BCUT2D eigenvalue weighted by Gasteiger charge is 2.25. The first-order valence-corrected chi connectivity index (χ1v) is 6.21. The first-order valence-electron chi connectivity index (χ1n) is 5.83. The molecule has 3 rings (SSSR count). The fraction of sp³-hybridized carbons (Fsp3) is 0.333. The maximum absolute atomic E-state index is 12.1. The second kappa shape index (κ2) is 4.17. The van der Waals surface area contributed by atoms with Crippen LogP contribution in [0.15, 0.2) is 29.3 Å². The summed E-state index contributed by atoms with van der Waals surface area (Å²) < 4.78 is 3.37. The molecular formula is C12H13ClN4O. The smallest absolute Gasteiger partial charge is 0.328 e. The van der Waals surface area contributed by atoms with E-state index in [9.17, 15) is 4.79 Å². The van der Waals surface area contributed by atoms with Crippen molar-refractivity contribution in [1.82, 2.24) is 14.1 Å². The van der Waals surface area contributed by atoms with Crippen LogP contribution < -0.4 is 11.4 Å². The number of nitrogens with two attached hydrogens (primary N) is 1. The van der Waals surface area contributed by atoms with Crippen LogP contribution in [-0.4, -0.2) is 14.1 Å². The number of pyridine rings is 1. The van der Waals surface area contributed by atoms with Crippen molar-refractivity contribution < 1.29 is 0 Å². The zero-order chi connectivity index (χ0) is 12.7. The van der Waals surface area contributed by atoms with Gasteiger partial charge in [-0.1, -0.05) is 11.6 Å². The van der Waals surface area contributed by atoms with Crippen LogP contribution in [0.1, 0.15) is 24.6 Å². The van der Waals surface area contributed by atoms with E-state index in [1.165, 1.54) is 0 Å². The molecular weight excluding hydrogens is 252 g/mol. The summed E-state index contributed by atoms with van der Waals surface area (Å²) in [6.07, 6.45) is 5.75. The number of anilines is 1. The summed E-state index contributed by atoms with van der Waals surface area (Å²) in [7, 11) is 0. The lowest BCUT2D eigenvalue weighted by atomic mass is 10.3. The third-order valence-corrected chi connectivity index (χ3v) is 3.42. The topological polar surface area (TPSA) is 65.8 Å². The highest BCUT2D eigenvalue weighted by molar-refractivity contribution is 6.31. The molecule has 18 heavy (non-hydrogen) atoms. The molecule has 2 aromatic heterocycles. The molecule has 2 heterocycles. The van der Waals surface area contributed by atoms with E-state index < -0.39 is 0 Å². The van der Waals surface area contributed by atoms with Gasteiger partial charge in [0.15, 0.2) is 0 Å². The summed E-state index contributed by atoms with van der Waals surface area (Å²) in [5, 5.41) is 0.523. The van der Waals surface area contributed by atoms with E-state index in [0.29, 0.717) is 29.1 Å². The van der Waals surface area contributed by atoms with Crippen LogP contribution in [0, 0.1) is 0 Å². The lowest BCUT2D eigenvalue weighted by Crippen LogP contribution is -2.24. The monoisotopic (exact) mass is 264 g/mol. The number of nitrogen functional groups attached to an aromatic ring is 1. The molecule has 94 valence electrons. The van der Waals surface area contributed by atoms with Gasteiger partial charge in [-0.3, -0.25) is 9.13 Å². The molecule has 0 bridgehead atoms. The maximum Gasteiger partial charge on any atom is 0.328 e. The molecule has 0 aliphatic heterocycles. The van der Waals surface area contributed by atoms with Crippen molar-refractivity contribution in [3.05, 3.63) is 45.7 Å². The van der Waals surface area contributed by atoms with Crippen LogP contribution in [0.5, 0.6) is 0 Å². The predicted molar refractivity (Wildman–Crippen MR) is 69.7 cm³/mol. The van der Waals surface area contributed by atoms with E-state index in [4.69, 9.17) is 17.3 Å².